The van der Waals surface area contributed by atoms with Crippen LogP contribution in [0.15, 0.2) is 18.3 Å². The topological polar surface area (TPSA) is 67.3 Å². The number of anilines is 1. The third kappa shape index (κ3) is 2.89. The predicted octanol–water partition coefficient (Wildman–Crippen LogP) is 1.36. The molecule has 1 aromatic heterocycles. The fraction of sp³-hybridized carbons (Fsp3) is 0.333. The average molecular weight is 387 g/mol. The third-order valence-electron chi connectivity index (χ3n) is 2.51. The second-order valence-electron chi connectivity index (χ2n) is 3.65. The summed E-state index contributed by atoms with van der Waals surface area (Å²) in [5.74, 6) is -0.248. The van der Waals surface area contributed by atoms with E-state index in [0.29, 0.717) is 5.69 Å². The SMILES string of the molecule is O=C1CC(S(=O)(=O)Cl)CN1c1ccc(I)nc1. The summed E-state index contributed by atoms with van der Waals surface area (Å²) in [5.41, 5.74) is 0.596. The highest BCUT2D eigenvalue weighted by Gasteiger charge is 2.37. The molecule has 1 aromatic rings. The van der Waals surface area contributed by atoms with E-state index in [1.54, 1.807) is 18.3 Å². The number of carbonyl (C=O) groups is 1. The zero-order valence-electron chi connectivity index (χ0n) is 8.51. The van der Waals surface area contributed by atoms with Crippen LogP contribution in [0.25, 0.3) is 0 Å². The van der Waals surface area contributed by atoms with Crippen molar-refractivity contribution in [2.45, 2.75) is 11.7 Å². The Morgan fingerprint density at radius 2 is 2.18 bits per heavy atom. The van der Waals surface area contributed by atoms with Gasteiger partial charge in [0.1, 0.15) is 8.95 Å². The van der Waals surface area contributed by atoms with Gasteiger partial charge in [0.2, 0.25) is 15.0 Å². The Morgan fingerprint density at radius 3 is 2.65 bits per heavy atom. The minimum Gasteiger partial charge on any atom is -0.309 e. The molecule has 1 aliphatic heterocycles. The Morgan fingerprint density at radius 1 is 1.47 bits per heavy atom. The van der Waals surface area contributed by atoms with E-state index in [1.165, 1.54) is 4.90 Å². The van der Waals surface area contributed by atoms with Gasteiger partial charge in [-0.1, -0.05) is 0 Å². The van der Waals surface area contributed by atoms with Crippen LogP contribution in [0.2, 0.25) is 0 Å². The standard InChI is InChI=1S/C9H8ClIN2O3S/c10-17(15,16)7-3-9(14)13(5-7)6-1-2-8(11)12-4-6/h1-2,4,7H,3,5H2. The van der Waals surface area contributed by atoms with E-state index in [0.717, 1.165) is 3.70 Å². The van der Waals surface area contributed by atoms with Gasteiger partial charge in [0.15, 0.2) is 0 Å². The van der Waals surface area contributed by atoms with Crippen LogP contribution in [0.3, 0.4) is 0 Å². The summed E-state index contributed by atoms with van der Waals surface area (Å²) in [6.07, 6.45) is 1.47. The number of pyridine rings is 1. The molecule has 5 nitrogen and oxygen atoms in total. The van der Waals surface area contributed by atoms with Crippen LogP contribution in [0.4, 0.5) is 5.69 Å². The molecule has 0 aromatic carbocycles. The van der Waals surface area contributed by atoms with Crippen LogP contribution < -0.4 is 4.90 Å². The molecular formula is C9H8ClIN2O3S. The minimum atomic E-state index is -3.70. The maximum atomic E-state index is 11.7. The van der Waals surface area contributed by atoms with E-state index in [2.05, 4.69) is 27.6 Å². The molecule has 0 N–H and O–H groups in total. The van der Waals surface area contributed by atoms with Gasteiger partial charge in [-0.05, 0) is 34.7 Å². The normalized spacial score (nSPS) is 20.9. The van der Waals surface area contributed by atoms with Crippen molar-refractivity contribution < 1.29 is 13.2 Å². The minimum absolute atomic E-state index is 0.0716. The van der Waals surface area contributed by atoms with E-state index in [4.69, 9.17) is 10.7 Å². The first-order chi connectivity index (χ1) is 7.88. The lowest BCUT2D eigenvalue weighted by atomic mass is 10.4. The fourth-order valence-corrected chi connectivity index (χ4v) is 2.99. The summed E-state index contributed by atoms with van der Waals surface area (Å²) in [4.78, 5) is 17.1. The highest BCUT2D eigenvalue weighted by Crippen LogP contribution is 2.26. The van der Waals surface area contributed by atoms with Crippen molar-refractivity contribution in [3.63, 3.8) is 0 Å². The van der Waals surface area contributed by atoms with Gasteiger partial charge in [0, 0.05) is 23.6 Å². The molecule has 1 atom stereocenters. The lowest BCUT2D eigenvalue weighted by molar-refractivity contribution is -0.117. The molecule has 2 heterocycles. The average Bonchev–Trinajstić information content (AvgIpc) is 2.61. The number of hydrogen-bond donors (Lipinski definition) is 0. The van der Waals surface area contributed by atoms with Gasteiger partial charge in [-0.25, -0.2) is 13.4 Å². The first kappa shape index (κ1) is 13.0. The van der Waals surface area contributed by atoms with Gasteiger partial charge in [0.25, 0.3) is 0 Å². The van der Waals surface area contributed by atoms with Gasteiger partial charge < -0.3 is 4.90 Å². The Kier molecular flexibility index (Phi) is 3.60. The van der Waals surface area contributed by atoms with Crippen LogP contribution in [0, 0.1) is 3.70 Å². The number of amides is 1. The maximum Gasteiger partial charge on any atom is 0.237 e. The number of carbonyl (C=O) groups excluding carboxylic acids is 1. The van der Waals surface area contributed by atoms with Gasteiger partial charge in [-0.15, -0.1) is 0 Å². The number of halogens is 2. The molecule has 1 fully saturated rings. The van der Waals surface area contributed by atoms with Gasteiger partial charge in [0.05, 0.1) is 11.9 Å². The van der Waals surface area contributed by atoms with Crippen molar-refractivity contribution in [2.75, 3.05) is 11.4 Å². The molecule has 1 amide bonds. The van der Waals surface area contributed by atoms with Crippen molar-refractivity contribution in [2.24, 2.45) is 0 Å². The van der Waals surface area contributed by atoms with Crippen molar-refractivity contribution in [1.82, 2.24) is 4.98 Å². The molecule has 1 aliphatic rings. The van der Waals surface area contributed by atoms with Gasteiger partial charge in [-0.3, -0.25) is 4.79 Å². The first-order valence-electron chi connectivity index (χ1n) is 4.73. The Labute approximate surface area is 117 Å². The Hall–Kier alpha value is -0.410. The number of nitrogens with zero attached hydrogens (tertiary/aromatic N) is 2. The quantitative estimate of drug-likeness (QED) is 0.437. The van der Waals surface area contributed by atoms with Crippen molar-refractivity contribution >= 4 is 53.9 Å². The molecule has 0 aliphatic carbocycles. The van der Waals surface area contributed by atoms with Crippen LogP contribution in [0.5, 0.6) is 0 Å². The Balaban J connectivity index is 2.24. The number of aromatic nitrogens is 1. The smallest absolute Gasteiger partial charge is 0.237 e. The van der Waals surface area contributed by atoms with Crippen molar-refractivity contribution in [3.05, 3.63) is 22.0 Å². The maximum absolute atomic E-state index is 11.7. The molecular weight excluding hydrogens is 379 g/mol. The number of hydrogen-bond acceptors (Lipinski definition) is 4. The van der Waals surface area contributed by atoms with E-state index in [-0.39, 0.29) is 18.9 Å². The molecule has 1 saturated heterocycles. The zero-order chi connectivity index (χ0) is 12.6. The molecule has 0 spiro atoms. The van der Waals surface area contributed by atoms with Gasteiger partial charge in [-0.2, -0.15) is 0 Å². The second-order valence-corrected chi connectivity index (χ2v) is 7.66. The molecule has 17 heavy (non-hydrogen) atoms. The van der Waals surface area contributed by atoms with Crippen molar-refractivity contribution in [1.29, 1.82) is 0 Å². The summed E-state index contributed by atoms with van der Waals surface area (Å²) >= 11 is 2.05. The Bertz CT molecular complexity index is 546. The summed E-state index contributed by atoms with van der Waals surface area (Å²) in [7, 11) is 1.56. The third-order valence-corrected chi connectivity index (χ3v) is 5.02. The van der Waals surface area contributed by atoms with Crippen LogP contribution in [0.1, 0.15) is 6.42 Å². The zero-order valence-corrected chi connectivity index (χ0v) is 12.2. The summed E-state index contributed by atoms with van der Waals surface area (Å²) in [6, 6.07) is 3.49. The first-order valence-corrected chi connectivity index (χ1v) is 8.18. The lowest BCUT2D eigenvalue weighted by Gasteiger charge is -2.15. The van der Waals surface area contributed by atoms with E-state index >= 15 is 0 Å². The van der Waals surface area contributed by atoms with Gasteiger partial charge >= 0.3 is 0 Å². The largest absolute Gasteiger partial charge is 0.309 e. The lowest BCUT2D eigenvalue weighted by Crippen LogP contribution is -2.26. The molecule has 1 unspecified atom stereocenters. The monoisotopic (exact) mass is 386 g/mol. The molecule has 0 radical (unpaired) electrons. The molecule has 0 saturated carbocycles. The second kappa shape index (κ2) is 4.69. The van der Waals surface area contributed by atoms with Crippen LogP contribution >= 0.6 is 33.3 Å². The molecule has 0 bridgehead atoms. The summed E-state index contributed by atoms with van der Waals surface area (Å²) < 4.78 is 23.2. The highest BCUT2D eigenvalue weighted by atomic mass is 127. The van der Waals surface area contributed by atoms with E-state index < -0.39 is 14.3 Å². The summed E-state index contributed by atoms with van der Waals surface area (Å²) in [6.45, 7) is 0.0902. The summed E-state index contributed by atoms with van der Waals surface area (Å²) in [5, 5.41) is -0.837. The van der Waals surface area contributed by atoms with Crippen LogP contribution in [-0.4, -0.2) is 31.1 Å². The van der Waals surface area contributed by atoms with E-state index in [9.17, 15) is 13.2 Å². The van der Waals surface area contributed by atoms with Crippen LogP contribution in [-0.2, 0) is 13.8 Å². The predicted molar refractivity (Wildman–Crippen MR) is 72.5 cm³/mol. The highest BCUT2D eigenvalue weighted by molar-refractivity contribution is 14.1. The molecule has 2 rings (SSSR count). The van der Waals surface area contributed by atoms with Crippen molar-refractivity contribution in [3.8, 4) is 0 Å². The fourth-order valence-electron chi connectivity index (χ4n) is 1.64. The molecule has 8 heteroatoms. The van der Waals surface area contributed by atoms with E-state index in [1.807, 2.05) is 0 Å². The molecule has 92 valence electrons. The number of rotatable bonds is 2.